The third-order valence-electron chi connectivity index (χ3n) is 5.75. The Balaban J connectivity index is 2.94. The highest BCUT2D eigenvalue weighted by Gasteiger charge is 2.21. The number of nitrogens with zero attached hydrogens (tertiary/aromatic N) is 3. The van der Waals surface area contributed by atoms with Crippen LogP contribution < -0.4 is 21.5 Å². The lowest BCUT2D eigenvalue weighted by Gasteiger charge is -2.24. The third-order valence-corrected chi connectivity index (χ3v) is 6.07. The third kappa shape index (κ3) is 14.5. The van der Waals surface area contributed by atoms with Gasteiger partial charge in [-0.25, -0.2) is 9.59 Å². The molecule has 0 saturated heterocycles. The zero-order chi connectivity index (χ0) is 27.8. The van der Waals surface area contributed by atoms with Crippen LogP contribution in [0.3, 0.4) is 0 Å². The molecule has 0 bridgehead atoms. The van der Waals surface area contributed by atoms with Gasteiger partial charge >= 0.3 is 12.2 Å². The van der Waals surface area contributed by atoms with E-state index < -0.39 is 18.5 Å². The molecular weight excluding hydrogens is 492 g/mol. The van der Waals surface area contributed by atoms with Crippen LogP contribution in [0.5, 0.6) is 5.75 Å². The van der Waals surface area contributed by atoms with Crippen LogP contribution in [0.15, 0.2) is 18.2 Å². The lowest BCUT2D eigenvalue weighted by atomic mass is 10.0. The second-order valence-corrected chi connectivity index (χ2v) is 10.3. The molecule has 5 N–H and O–H groups in total. The van der Waals surface area contributed by atoms with Crippen molar-refractivity contribution in [1.82, 2.24) is 20.0 Å². The highest BCUT2D eigenvalue weighted by atomic mass is 32.1. The summed E-state index contributed by atoms with van der Waals surface area (Å²) in [6.07, 6.45) is 2.71. The monoisotopic (exact) mass is 540 g/mol. The molecule has 1 rings (SSSR count). The lowest BCUT2D eigenvalue weighted by molar-refractivity contribution is 0.0882. The predicted molar refractivity (Wildman–Crippen MR) is 152 cm³/mol. The van der Waals surface area contributed by atoms with E-state index in [9.17, 15) is 9.59 Å². The molecule has 0 spiro atoms. The van der Waals surface area contributed by atoms with Crippen molar-refractivity contribution in [2.24, 2.45) is 11.5 Å². The smallest absolute Gasteiger partial charge is 0.415 e. The van der Waals surface area contributed by atoms with Gasteiger partial charge in [0, 0.05) is 13.1 Å². The highest BCUT2D eigenvalue weighted by molar-refractivity contribution is 7.80. The fraction of sp³-hybridized carbons (Fsp3) is 0.692. The standard InChI is InChI=1S/C26H48N6O4S/c1-20-19-21(23(11-7-6-8-18-37)35-25(33)29-24(27)28)12-13-22(20)36-26(34)32(16-9-14-30(2)3)17-10-15-31(4)5/h12-13,19,23-24,37H,6-11,14-18,27-28H2,1-5H3,(H,29,33). The maximum atomic E-state index is 13.1. The molecule has 11 heteroatoms. The van der Waals surface area contributed by atoms with Gasteiger partial charge in [-0.3, -0.25) is 16.8 Å². The molecule has 1 aromatic carbocycles. The fourth-order valence-electron chi connectivity index (χ4n) is 3.81. The van der Waals surface area contributed by atoms with Crippen molar-refractivity contribution in [3.8, 4) is 5.75 Å². The number of thiol groups is 1. The van der Waals surface area contributed by atoms with Crippen LogP contribution >= 0.6 is 12.6 Å². The van der Waals surface area contributed by atoms with Crippen molar-refractivity contribution >= 4 is 24.8 Å². The summed E-state index contributed by atoms with van der Waals surface area (Å²) in [5.41, 5.74) is 12.5. The molecule has 1 unspecified atom stereocenters. The second-order valence-electron chi connectivity index (χ2n) is 9.83. The van der Waals surface area contributed by atoms with Crippen LogP contribution in [-0.4, -0.2) is 93.3 Å². The Hall–Kier alpha value is -2.05. The average molecular weight is 541 g/mol. The molecule has 0 aliphatic rings. The number of unbranched alkanes of at least 4 members (excludes halogenated alkanes) is 2. The molecule has 0 aromatic heterocycles. The van der Waals surface area contributed by atoms with Crippen LogP contribution in [0.2, 0.25) is 0 Å². The van der Waals surface area contributed by atoms with Crippen molar-refractivity contribution < 1.29 is 19.1 Å². The molecule has 212 valence electrons. The zero-order valence-corrected chi connectivity index (χ0v) is 24.1. The number of carbonyl (C=O) groups is 2. The number of hydrogen-bond acceptors (Lipinski definition) is 9. The Morgan fingerprint density at radius 2 is 1.57 bits per heavy atom. The zero-order valence-electron chi connectivity index (χ0n) is 23.2. The number of nitrogens with one attached hydrogen (secondary N) is 1. The first-order chi connectivity index (χ1) is 17.5. The van der Waals surface area contributed by atoms with Gasteiger partial charge in [0.1, 0.15) is 18.1 Å². The van der Waals surface area contributed by atoms with Gasteiger partial charge in [0.15, 0.2) is 0 Å². The summed E-state index contributed by atoms with van der Waals surface area (Å²) in [5.74, 6) is 1.30. The van der Waals surface area contributed by atoms with Crippen molar-refractivity contribution in [3.05, 3.63) is 29.3 Å². The number of rotatable bonds is 17. The summed E-state index contributed by atoms with van der Waals surface area (Å²) in [4.78, 5) is 31.2. The van der Waals surface area contributed by atoms with E-state index in [2.05, 4.69) is 27.7 Å². The minimum atomic E-state index is -1.00. The number of carbonyl (C=O) groups excluding carboxylic acids is 2. The van der Waals surface area contributed by atoms with Crippen molar-refractivity contribution in [2.75, 3.05) is 60.1 Å². The summed E-state index contributed by atoms with van der Waals surface area (Å²) in [6.45, 7) is 4.92. The number of ether oxygens (including phenoxy) is 2. The Morgan fingerprint density at radius 1 is 0.946 bits per heavy atom. The number of amides is 2. The van der Waals surface area contributed by atoms with Crippen LogP contribution in [0, 0.1) is 6.92 Å². The van der Waals surface area contributed by atoms with Crippen LogP contribution in [0.25, 0.3) is 0 Å². The maximum absolute atomic E-state index is 13.1. The van der Waals surface area contributed by atoms with Gasteiger partial charge in [0.05, 0.1) is 0 Å². The van der Waals surface area contributed by atoms with Crippen LogP contribution in [-0.2, 0) is 4.74 Å². The molecular formula is C26H48N6O4S. The highest BCUT2D eigenvalue weighted by Crippen LogP contribution is 2.29. The molecule has 37 heavy (non-hydrogen) atoms. The quantitative estimate of drug-likeness (QED) is 0.135. The van der Waals surface area contributed by atoms with Gasteiger partial charge in [-0.2, -0.15) is 12.6 Å². The second kappa shape index (κ2) is 18.2. The van der Waals surface area contributed by atoms with Gasteiger partial charge in [-0.15, -0.1) is 0 Å². The Labute approximate surface area is 228 Å². The molecule has 0 radical (unpaired) electrons. The van der Waals surface area contributed by atoms with E-state index in [0.717, 1.165) is 62.1 Å². The van der Waals surface area contributed by atoms with Crippen molar-refractivity contribution in [3.63, 3.8) is 0 Å². The van der Waals surface area contributed by atoms with Gasteiger partial charge < -0.3 is 24.2 Å². The van der Waals surface area contributed by atoms with Crippen molar-refractivity contribution in [1.29, 1.82) is 0 Å². The lowest BCUT2D eigenvalue weighted by Crippen LogP contribution is -2.48. The summed E-state index contributed by atoms with van der Waals surface area (Å²) in [5, 5.41) is 2.36. The Morgan fingerprint density at radius 3 is 2.08 bits per heavy atom. The van der Waals surface area contributed by atoms with Gasteiger partial charge in [0.2, 0.25) is 0 Å². The molecule has 0 heterocycles. The van der Waals surface area contributed by atoms with E-state index >= 15 is 0 Å². The number of hydrogen-bond donors (Lipinski definition) is 4. The summed E-state index contributed by atoms with van der Waals surface area (Å²) in [6, 6.07) is 5.48. The van der Waals surface area contributed by atoms with Gasteiger partial charge in [0.25, 0.3) is 0 Å². The molecule has 1 aromatic rings. The minimum Gasteiger partial charge on any atom is -0.441 e. The number of alkyl carbamates (subject to hydrolysis) is 1. The number of nitrogens with two attached hydrogens (primary N) is 2. The first-order valence-electron chi connectivity index (χ1n) is 13.0. The first kappa shape index (κ1) is 33.0. The largest absolute Gasteiger partial charge is 0.441 e. The summed E-state index contributed by atoms with van der Waals surface area (Å²) >= 11 is 4.26. The summed E-state index contributed by atoms with van der Waals surface area (Å²) in [7, 11) is 8.08. The maximum Gasteiger partial charge on any atom is 0.415 e. The first-order valence-corrected chi connectivity index (χ1v) is 13.6. The fourth-order valence-corrected chi connectivity index (χ4v) is 4.03. The van der Waals surface area contributed by atoms with E-state index in [1.807, 2.05) is 47.2 Å². The SMILES string of the molecule is Cc1cc(C(CCCCCS)OC(=O)NC(N)N)ccc1OC(=O)N(CCCN(C)C)CCCN(C)C. The van der Waals surface area contributed by atoms with E-state index in [1.54, 1.807) is 11.0 Å². The van der Waals surface area contributed by atoms with E-state index in [1.165, 1.54) is 0 Å². The summed E-state index contributed by atoms with van der Waals surface area (Å²) < 4.78 is 11.4. The Bertz CT molecular complexity index is 795. The average Bonchev–Trinajstić information content (AvgIpc) is 2.80. The number of aryl methyl sites for hydroxylation is 1. The molecule has 0 saturated carbocycles. The minimum absolute atomic E-state index is 0.357. The van der Waals surface area contributed by atoms with E-state index in [0.29, 0.717) is 25.3 Å². The number of benzene rings is 1. The predicted octanol–water partition coefficient (Wildman–Crippen LogP) is 3.16. The molecule has 0 fully saturated rings. The molecule has 10 nitrogen and oxygen atoms in total. The normalized spacial score (nSPS) is 12.2. The van der Waals surface area contributed by atoms with Gasteiger partial charge in [-0.05, 0) is 109 Å². The van der Waals surface area contributed by atoms with Crippen LogP contribution in [0.4, 0.5) is 9.59 Å². The molecule has 0 aliphatic carbocycles. The molecule has 0 aliphatic heterocycles. The molecule has 2 amide bonds. The molecule has 1 atom stereocenters. The van der Waals surface area contributed by atoms with E-state index in [4.69, 9.17) is 20.9 Å². The Kier molecular flexibility index (Phi) is 16.3. The van der Waals surface area contributed by atoms with Gasteiger partial charge in [-0.1, -0.05) is 12.5 Å². The van der Waals surface area contributed by atoms with Crippen LogP contribution in [0.1, 0.15) is 55.8 Å². The topological polar surface area (TPSA) is 126 Å². The van der Waals surface area contributed by atoms with Crippen molar-refractivity contribution in [2.45, 2.75) is 57.8 Å². The van der Waals surface area contributed by atoms with E-state index in [-0.39, 0.29) is 6.09 Å².